The third-order valence-electron chi connectivity index (χ3n) is 2.08. The highest BCUT2D eigenvalue weighted by atomic mass is 16.4. The van der Waals surface area contributed by atoms with Crippen LogP contribution in [-0.4, -0.2) is 28.0 Å². The van der Waals surface area contributed by atoms with E-state index in [0.29, 0.717) is 5.82 Å². The van der Waals surface area contributed by atoms with E-state index in [0.717, 1.165) is 11.3 Å². The highest BCUT2D eigenvalue weighted by Gasteiger charge is 2.17. The zero-order valence-corrected chi connectivity index (χ0v) is 9.73. The van der Waals surface area contributed by atoms with Crippen molar-refractivity contribution in [2.45, 2.75) is 26.3 Å². The van der Waals surface area contributed by atoms with Gasteiger partial charge in [0.15, 0.2) is 0 Å². The van der Waals surface area contributed by atoms with E-state index in [1.807, 2.05) is 13.0 Å². The number of aliphatic carboxylic acids is 1. The molecule has 1 amide bonds. The Labute approximate surface area is 98.8 Å². The molecule has 17 heavy (non-hydrogen) atoms. The Balaban J connectivity index is 2.70. The largest absolute Gasteiger partial charge is 0.481 e. The van der Waals surface area contributed by atoms with Crippen molar-refractivity contribution < 1.29 is 14.7 Å². The Morgan fingerprint density at radius 1 is 1.47 bits per heavy atom. The van der Waals surface area contributed by atoms with Gasteiger partial charge < -0.3 is 16.2 Å². The molecule has 1 rings (SSSR count). The molecule has 0 aliphatic carbocycles. The van der Waals surface area contributed by atoms with Crippen LogP contribution in [-0.2, 0) is 9.59 Å². The monoisotopic (exact) mass is 237 g/mol. The first-order valence-corrected chi connectivity index (χ1v) is 5.12. The van der Waals surface area contributed by atoms with Crippen molar-refractivity contribution in [3.63, 3.8) is 0 Å². The third kappa shape index (κ3) is 4.20. The molecular formula is C11H15N3O3. The standard InChI is InChI=1S/C11H15N3O3/c1-6-3-7(2)13-9(4-6)14-11(17)8(12)5-10(15)16/h3-4,8H,5,12H2,1-2H3,(H,15,16)(H,13,14,17). The number of carbonyl (C=O) groups is 2. The van der Waals surface area contributed by atoms with Crippen LogP contribution in [0.25, 0.3) is 0 Å². The lowest BCUT2D eigenvalue weighted by atomic mass is 10.2. The predicted molar refractivity (Wildman–Crippen MR) is 62.6 cm³/mol. The van der Waals surface area contributed by atoms with Crippen LogP contribution in [0.4, 0.5) is 5.82 Å². The van der Waals surface area contributed by atoms with Crippen molar-refractivity contribution in [1.82, 2.24) is 4.98 Å². The van der Waals surface area contributed by atoms with Gasteiger partial charge in [-0.2, -0.15) is 0 Å². The summed E-state index contributed by atoms with van der Waals surface area (Å²) < 4.78 is 0. The van der Waals surface area contributed by atoms with E-state index in [1.165, 1.54) is 0 Å². The van der Waals surface area contributed by atoms with Gasteiger partial charge in [0.1, 0.15) is 5.82 Å². The molecule has 0 saturated heterocycles. The second kappa shape index (κ2) is 5.40. The van der Waals surface area contributed by atoms with Gasteiger partial charge in [-0.05, 0) is 31.5 Å². The maximum absolute atomic E-state index is 11.5. The summed E-state index contributed by atoms with van der Waals surface area (Å²) in [6.07, 6.45) is -0.406. The maximum atomic E-state index is 11.5. The number of nitrogens with one attached hydrogen (secondary N) is 1. The average molecular weight is 237 g/mol. The molecule has 0 fully saturated rings. The summed E-state index contributed by atoms with van der Waals surface area (Å²) in [4.78, 5) is 26.0. The summed E-state index contributed by atoms with van der Waals surface area (Å²) in [5.41, 5.74) is 7.15. The van der Waals surface area contributed by atoms with E-state index in [-0.39, 0.29) is 0 Å². The minimum atomic E-state index is -1.11. The van der Waals surface area contributed by atoms with E-state index >= 15 is 0 Å². The third-order valence-corrected chi connectivity index (χ3v) is 2.08. The topological polar surface area (TPSA) is 105 Å². The van der Waals surface area contributed by atoms with Crippen LogP contribution in [0.3, 0.4) is 0 Å². The molecule has 0 aliphatic rings. The Morgan fingerprint density at radius 2 is 2.12 bits per heavy atom. The lowest BCUT2D eigenvalue weighted by Gasteiger charge is -2.10. The van der Waals surface area contributed by atoms with E-state index < -0.39 is 24.3 Å². The molecule has 4 N–H and O–H groups in total. The smallest absolute Gasteiger partial charge is 0.305 e. The summed E-state index contributed by atoms with van der Waals surface area (Å²) in [5.74, 6) is -1.28. The van der Waals surface area contributed by atoms with Crippen LogP contribution >= 0.6 is 0 Å². The molecule has 0 spiro atoms. The quantitative estimate of drug-likeness (QED) is 0.704. The van der Waals surface area contributed by atoms with Gasteiger partial charge in [0.2, 0.25) is 5.91 Å². The van der Waals surface area contributed by atoms with E-state index in [1.54, 1.807) is 13.0 Å². The lowest BCUT2D eigenvalue weighted by molar-refractivity contribution is -0.138. The molecule has 0 bridgehead atoms. The van der Waals surface area contributed by atoms with Gasteiger partial charge in [0.05, 0.1) is 12.5 Å². The van der Waals surface area contributed by atoms with E-state index in [2.05, 4.69) is 10.3 Å². The molecule has 92 valence electrons. The molecule has 0 aliphatic heterocycles. The van der Waals surface area contributed by atoms with Gasteiger partial charge in [-0.25, -0.2) is 4.98 Å². The summed E-state index contributed by atoms with van der Waals surface area (Å²) in [6.45, 7) is 3.68. The summed E-state index contributed by atoms with van der Waals surface area (Å²) in [7, 11) is 0. The predicted octanol–water partition coefficient (Wildman–Crippen LogP) is 0.439. The van der Waals surface area contributed by atoms with Crippen LogP contribution in [0.2, 0.25) is 0 Å². The number of rotatable bonds is 4. The number of nitrogens with two attached hydrogens (primary N) is 1. The Kier molecular flexibility index (Phi) is 4.17. The number of carboxylic acids is 1. The van der Waals surface area contributed by atoms with E-state index in [4.69, 9.17) is 10.8 Å². The van der Waals surface area contributed by atoms with Crippen molar-refractivity contribution in [1.29, 1.82) is 0 Å². The number of pyridine rings is 1. The second-order valence-electron chi connectivity index (χ2n) is 3.86. The van der Waals surface area contributed by atoms with Gasteiger partial charge in [-0.3, -0.25) is 9.59 Å². The number of nitrogens with zero attached hydrogens (tertiary/aromatic N) is 1. The van der Waals surface area contributed by atoms with Crippen molar-refractivity contribution >= 4 is 17.7 Å². The molecule has 1 aromatic heterocycles. The number of anilines is 1. The number of carbonyl (C=O) groups excluding carboxylic acids is 1. The zero-order valence-electron chi connectivity index (χ0n) is 9.73. The Bertz CT molecular complexity index is 425. The first-order chi connectivity index (χ1) is 7.88. The van der Waals surface area contributed by atoms with Crippen LogP contribution in [0.15, 0.2) is 12.1 Å². The molecule has 1 heterocycles. The van der Waals surface area contributed by atoms with Crippen LogP contribution < -0.4 is 11.1 Å². The average Bonchev–Trinajstić information content (AvgIpc) is 2.14. The first kappa shape index (κ1) is 13.1. The number of amides is 1. The molecule has 6 heteroatoms. The van der Waals surface area contributed by atoms with Crippen molar-refractivity contribution in [3.05, 3.63) is 23.4 Å². The second-order valence-corrected chi connectivity index (χ2v) is 3.86. The van der Waals surface area contributed by atoms with Crippen molar-refractivity contribution in [2.75, 3.05) is 5.32 Å². The fraction of sp³-hybridized carbons (Fsp3) is 0.364. The van der Waals surface area contributed by atoms with E-state index in [9.17, 15) is 9.59 Å². The van der Waals surface area contributed by atoms with Gasteiger partial charge in [0, 0.05) is 5.69 Å². The van der Waals surface area contributed by atoms with Gasteiger partial charge >= 0.3 is 5.97 Å². The molecule has 1 aromatic rings. The molecule has 0 radical (unpaired) electrons. The van der Waals surface area contributed by atoms with Crippen LogP contribution in [0, 0.1) is 13.8 Å². The van der Waals surface area contributed by atoms with Gasteiger partial charge in [0.25, 0.3) is 0 Å². The minimum absolute atomic E-state index is 0.383. The first-order valence-electron chi connectivity index (χ1n) is 5.12. The van der Waals surface area contributed by atoms with Crippen LogP contribution in [0.5, 0.6) is 0 Å². The fourth-order valence-corrected chi connectivity index (χ4v) is 1.41. The molecule has 1 atom stereocenters. The molecule has 0 saturated carbocycles. The summed E-state index contributed by atoms with van der Waals surface area (Å²) in [5, 5.41) is 11.0. The number of hydrogen-bond donors (Lipinski definition) is 3. The zero-order chi connectivity index (χ0) is 13.0. The Hall–Kier alpha value is -1.95. The summed E-state index contributed by atoms with van der Waals surface area (Å²) >= 11 is 0. The number of aryl methyl sites for hydroxylation is 2. The normalized spacial score (nSPS) is 11.9. The van der Waals surface area contributed by atoms with Crippen molar-refractivity contribution in [2.24, 2.45) is 5.73 Å². The minimum Gasteiger partial charge on any atom is -0.481 e. The molecule has 6 nitrogen and oxygen atoms in total. The Morgan fingerprint density at radius 3 is 2.65 bits per heavy atom. The maximum Gasteiger partial charge on any atom is 0.305 e. The molecule has 1 unspecified atom stereocenters. The molecule has 0 aromatic carbocycles. The summed E-state index contributed by atoms with van der Waals surface area (Å²) in [6, 6.07) is 2.49. The number of aromatic nitrogens is 1. The highest BCUT2D eigenvalue weighted by molar-refractivity contribution is 5.96. The highest BCUT2D eigenvalue weighted by Crippen LogP contribution is 2.09. The number of hydrogen-bond acceptors (Lipinski definition) is 4. The van der Waals surface area contributed by atoms with Gasteiger partial charge in [-0.15, -0.1) is 0 Å². The number of carboxylic acid groups (broad SMARTS) is 1. The van der Waals surface area contributed by atoms with Crippen molar-refractivity contribution in [3.8, 4) is 0 Å². The molecular weight excluding hydrogens is 222 g/mol. The SMILES string of the molecule is Cc1cc(C)nc(NC(=O)C(N)CC(=O)O)c1. The van der Waals surface area contributed by atoms with Crippen LogP contribution in [0.1, 0.15) is 17.7 Å². The lowest BCUT2D eigenvalue weighted by Crippen LogP contribution is -2.37. The fourth-order valence-electron chi connectivity index (χ4n) is 1.41. The van der Waals surface area contributed by atoms with Gasteiger partial charge in [-0.1, -0.05) is 0 Å².